The first-order chi connectivity index (χ1) is 31.0. The Kier molecular flexibility index (Phi) is 5.53. The van der Waals surface area contributed by atoms with Crippen LogP contribution in [0.4, 0.5) is 17.6 Å². The summed E-state index contributed by atoms with van der Waals surface area (Å²) in [4.78, 5) is 32.7. The van der Waals surface area contributed by atoms with Crippen molar-refractivity contribution >= 4 is 17.7 Å². The lowest BCUT2D eigenvalue weighted by Gasteiger charge is -2.28. The first kappa shape index (κ1) is 17.1. The molecule has 254 valence electrons. The molecule has 1 aliphatic rings. The van der Waals surface area contributed by atoms with Crippen LogP contribution in [0.1, 0.15) is 82.5 Å². The number of hydrogen-bond donors (Lipinski definition) is 0. The summed E-state index contributed by atoms with van der Waals surface area (Å²) in [5.41, 5.74) is -10.4. The zero-order chi connectivity index (χ0) is 53.1. The highest BCUT2D eigenvalue weighted by Crippen LogP contribution is 2.34. The highest BCUT2D eigenvalue weighted by atomic mass is 32.2. The molecule has 0 radical (unpaired) electrons. The Morgan fingerprint density at radius 2 is 1.71 bits per heavy atom. The van der Waals surface area contributed by atoms with Gasteiger partial charge in [0.2, 0.25) is 5.91 Å². The number of rotatable bonds is 13. The van der Waals surface area contributed by atoms with Crippen molar-refractivity contribution in [1.29, 1.82) is 0 Å². The van der Waals surface area contributed by atoms with Crippen molar-refractivity contribution in [2.24, 2.45) is 0 Å². The van der Waals surface area contributed by atoms with Crippen molar-refractivity contribution < 1.29 is 51.1 Å². The molecule has 0 N–H and O–H groups in total. The molecule has 0 bridgehead atoms. The number of carbonyl (C=O) groups is 1. The molecule has 1 aromatic heterocycles. The van der Waals surface area contributed by atoms with Gasteiger partial charge in [0.1, 0.15) is 12.3 Å². The fourth-order valence-electron chi connectivity index (χ4n) is 4.25. The first-order valence-electron chi connectivity index (χ1n) is 24.5. The second kappa shape index (κ2) is 15.5. The largest absolute Gasteiger partial charge is 0.416 e. The zero-order valence-electron chi connectivity index (χ0n) is 46.5. The normalized spacial score (nSPS) is 23.5. The van der Waals surface area contributed by atoms with Gasteiger partial charge in [-0.05, 0) is 85.0 Å². The van der Waals surface area contributed by atoms with Crippen molar-refractivity contribution in [3.8, 4) is 11.1 Å². The minimum Gasteiger partial charge on any atom is -0.336 e. The highest BCUT2D eigenvalue weighted by molar-refractivity contribution is 7.98. The predicted molar refractivity (Wildman–Crippen MR) is 181 cm³/mol. The van der Waals surface area contributed by atoms with E-state index in [1.807, 2.05) is 0 Å². The average Bonchev–Trinajstić information content (AvgIpc) is 3.30. The molecule has 5 rings (SSSR count). The lowest BCUT2D eigenvalue weighted by atomic mass is 9.98. The zero-order valence-corrected chi connectivity index (χ0v) is 26.3. The van der Waals surface area contributed by atoms with Crippen LogP contribution in [0.5, 0.6) is 0 Å². The SMILES string of the molecule is [2H]c1c([2H])c(C([2H])([2H])N(CCN(C([2H])([2H])C)C([2H])([2H])C)C(=O)C([2H])([2H])n2c(SCc3ccc(F)cc3)nc(=O)c3c2C([2H])([2H])C([2H])([2H])C3([2H])[2H])c([2H])c([2H])c1-c1c([2H])c([2H])c(C(F)(F)F)c(C)c1[2H]. The number of fused-ring (bicyclic) bond motifs is 1. The van der Waals surface area contributed by atoms with Gasteiger partial charge in [0.05, 0.1) is 20.6 Å². The summed E-state index contributed by atoms with van der Waals surface area (Å²) in [6.07, 6.45) is -16.3. The van der Waals surface area contributed by atoms with E-state index >= 15 is 4.79 Å². The van der Waals surface area contributed by atoms with Crippen molar-refractivity contribution in [1.82, 2.24) is 19.4 Å². The predicted octanol–water partition coefficient (Wildman–Crippen LogP) is 7.53. The number of likely N-dealkylation sites (N-methyl/N-ethyl adjacent to an activating group) is 1. The van der Waals surface area contributed by atoms with Crippen molar-refractivity contribution in [3.05, 3.63) is 116 Å². The summed E-state index contributed by atoms with van der Waals surface area (Å²) in [6, 6.07) is -5.14. The second-order valence-electron chi connectivity index (χ2n) is 9.83. The number of nitrogens with zero attached hydrogens (tertiary/aromatic N) is 4. The van der Waals surface area contributed by atoms with E-state index in [1.165, 1.54) is 12.1 Å². The van der Waals surface area contributed by atoms with Crippen LogP contribution >= 0.6 is 11.8 Å². The summed E-state index contributed by atoms with van der Waals surface area (Å²) < 4.78 is 238. The van der Waals surface area contributed by atoms with Gasteiger partial charge in [0, 0.05) is 50.3 Å². The van der Waals surface area contributed by atoms with Crippen LogP contribution in [0.25, 0.3) is 11.1 Å². The van der Waals surface area contributed by atoms with Gasteiger partial charge in [-0.3, -0.25) is 9.59 Å². The number of halogens is 4. The molecule has 0 aliphatic heterocycles. The van der Waals surface area contributed by atoms with Gasteiger partial charge in [0.25, 0.3) is 5.56 Å². The Morgan fingerprint density at radius 3 is 2.38 bits per heavy atom. The lowest BCUT2D eigenvalue weighted by Crippen LogP contribution is -2.40. The number of aromatic nitrogens is 2. The molecule has 1 heterocycles. The molecule has 1 aliphatic carbocycles. The van der Waals surface area contributed by atoms with Crippen LogP contribution in [-0.2, 0) is 42.5 Å². The number of benzene rings is 3. The molecule has 0 atom stereocenters. The third kappa shape index (κ3) is 8.54. The van der Waals surface area contributed by atoms with Crippen molar-refractivity contribution in [2.45, 2.75) is 70.0 Å². The third-order valence-corrected chi connectivity index (χ3v) is 7.67. The molecule has 3 aromatic carbocycles. The number of carbonyl (C=O) groups excluding carboxylic acids is 1. The van der Waals surface area contributed by atoms with Gasteiger partial charge in [-0.15, -0.1) is 0 Å². The summed E-state index contributed by atoms with van der Waals surface area (Å²) >= 11 is 0.377. The number of thioether (sulfide) groups is 1. The molecular weight excluding hydrogens is 640 g/mol. The van der Waals surface area contributed by atoms with E-state index in [1.54, 1.807) is 0 Å². The van der Waals surface area contributed by atoms with E-state index in [-0.39, 0.29) is 20.8 Å². The maximum absolute atomic E-state index is 15.2. The highest BCUT2D eigenvalue weighted by Gasteiger charge is 2.32. The Hall–Kier alpha value is -3.96. The Labute approximate surface area is 312 Å². The Bertz CT molecular complexity index is 2730. The third-order valence-electron chi connectivity index (χ3n) is 6.66. The smallest absolute Gasteiger partial charge is 0.336 e. The van der Waals surface area contributed by atoms with Gasteiger partial charge < -0.3 is 14.4 Å². The van der Waals surface area contributed by atoms with Crippen LogP contribution < -0.4 is 5.56 Å². The molecule has 0 saturated carbocycles. The number of hydrogen-bond acceptors (Lipinski definition) is 5. The fourth-order valence-corrected chi connectivity index (χ4v) is 5.15. The van der Waals surface area contributed by atoms with E-state index in [9.17, 15) is 27.8 Å². The van der Waals surface area contributed by atoms with Gasteiger partial charge in [0.15, 0.2) is 5.16 Å². The molecule has 48 heavy (non-hydrogen) atoms. The summed E-state index contributed by atoms with van der Waals surface area (Å²) in [6.45, 7) is -13.3. The van der Waals surface area contributed by atoms with Crippen LogP contribution in [-0.4, -0.2) is 51.3 Å². The van der Waals surface area contributed by atoms with Crippen molar-refractivity contribution in [2.75, 3.05) is 26.1 Å². The van der Waals surface area contributed by atoms with E-state index in [0.717, 1.165) is 32.9 Å². The Balaban J connectivity index is 1.85. The Morgan fingerprint density at radius 1 is 1.02 bits per heavy atom. The molecule has 11 heteroatoms. The molecular formula is C37H40F4N4O2S. The van der Waals surface area contributed by atoms with Gasteiger partial charge in [-0.1, -0.05) is 74.0 Å². The van der Waals surface area contributed by atoms with Gasteiger partial charge in [-0.2, -0.15) is 18.2 Å². The van der Waals surface area contributed by atoms with Crippen LogP contribution in [0, 0.1) is 12.7 Å². The summed E-state index contributed by atoms with van der Waals surface area (Å²) in [7, 11) is 0. The van der Waals surface area contributed by atoms with E-state index in [4.69, 9.17) is 23.3 Å². The number of alkyl halides is 3. The molecule has 0 unspecified atom stereocenters. The van der Waals surface area contributed by atoms with Crippen LogP contribution in [0.2, 0.25) is 0 Å². The molecule has 0 saturated heterocycles. The van der Waals surface area contributed by atoms with Gasteiger partial charge in [-0.25, -0.2) is 4.39 Å². The minimum absolute atomic E-state index is 0.00295. The monoisotopic (exact) mass is 701 g/mol. The standard InChI is InChI=1S/C37H40F4N4O2S/c1-4-43(5-2)19-20-44(22-26-9-13-28(14-10-26)29-15-18-32(25(3)21-29)37(39,40)41)34(46)23-45-33-8-6-7-31(33)35(47)42-36(45)48-24-27-11-16-30(38)17-12-27/h9-18,21H,4-8,19-20,22-24H2,1-3H3/i4D2,5D2,6D2,7D2,8D2,9D,10D,13D,14D,15D,18D,21D,22D2,23D2. The van der Waals surface area contributed by atoms with E-state index in [0.29, 0.717) is 16.7 Å². The second-order valence-corrected chi connectivity index (χ2v) is 10.8. The maximum Gasteiger partial charge on any atom is 0.416 e. The van der Waals surface area contributed by atoms with Crippen LogP contribution in [0.3, 0.4) is 0 Å². The summed E-state index contributed by atoms with van der Waals surface area (Å²) in [5, 5.41) is -0.956. The fraction of sp³-hybridized carbons (Fsp3) is 0.378. The minimum atomic E-state index is -5.27. The first-order valence-corrected chi connectivity index (χ1v) is 15.0. The molecule has 0 fully saturated rings. The molecule has 1 amide bonds. The topological polar surface area (TPSA) is 58.4 Å². The van der Waals surface area contributed by atoms with Gasteiger partial charge >= 0.3 is 6.18 Å². The quantitative estimate of drug-likeness (QED) is 0.0820. The van der Waals surface area contributed by atoms with Crippen LogP contribution in [0.15, 0.2) is 76.5 Å². The number of amides is 1. The maximum atomic E-state index is 15.2. The van der Waals surface area contributed by atoms with Crippen molar-refractivity contribution in [3.63, 3.8) is 0 Å². The summed E-state index contributed by atoms with van der Waals surface area (Å²) in [5.74, 6) is -3.28. The molecule has 4 aromatic rings. The lowest BCUT2D eigenvalue weighted by molar-refractivity contribution is -0.138. The molecule has 0 spiro atoms. The van der Waals surface area contributed by atoms with E-state index < -0.39 is 168 Å². The van der Waals surface area contributed by atoms with E-state index in [2.05, 4.69) is 4.98 Å². The molecule has 6 nitrogen and oxygen atoms in total. The average molecular weight is 702 g/mol.